The number of fused-ring (bicyclic) bond motifs is 1. The topological polar surface area (TPSA) is 96.0 Å². The number of piperidine rings is 1. The lowest BCUT2D eigenvalue weighted by Crippen LogP contribution is -2.54. The lowest BCUT2D eigenvalue weighted by atomic mass is 9.86. The summed E-state index contributed by atoms with van der Waals surface area (Å²) in [5.74, 6) is -1.45. The van der Waals surface area contributed by atoms with Crippen molar-refractivity contribution in [2.75, 3.05) is 6.54 Å². The fourth-order valence-electron chi connectivity index (χ4n) is 4.74. The number of imide groups is 2. The highest BCUT2D eigenvalue weighted by Gasteiger charge is 2.45. The van der Waals surface area contributed by atoms with E-state index >= 15 is 0 Å². The molecule has 1 saturated heterocycles. The molecule has 2 aliphatic heterocycles. The average Bonchev–Trinajstić information content (AvgIpc) is 2.93. The van der Waals surface area contributed by atoms with E-state index in [2.05, 4.69) is 31.0 Å². The van der Waals surface area contributed by atoms with E-state index < -0.39 is 23.8 Å². The number of nitrogens with zero attached hydrogens (tertiary/aromatic N) is 2. The van der Waals surface area contributed by atoms with Crippen molar-refractivity contribution >= 4 is 23.6 Å². The van der Waals surface area contributed by atoms with Crippen LogP contribution in [0.5, 0.6) is 5.75 Å². The summed E-state index contributed by atoms with van der Waals surface area (Å²) >= 11 is 0. The number of hydrogen-bond acceptors (Lipinski definition) is 6. The molecule has 1 aliphatic carbocycles. The van der Waals surface area contributed by atoms with E-state index in [0.29, 0.717) is 17.8 Å². The summed E-state index contributed by atoms with van der Waals surface area (Å²) in [4.78, 5) is 52.7. The minimum absolute atomic E-state index is 0.0830. The maximum absolute atomic E-state index is 12.9. The quantitative estimate of drug-likeness (QED) is 0.670. The van der Waals surface area contributed by atoms with Gasteiger partial charge in [-0.2, -0.15) is 0 Å². The zero-order valence-electron chi connectivity index (χ0n) is 18.2. The minimum Gasteiger partial charge on any atom is -0.490 e. The van der Waals surface area contributed by atoms with Crippen LogP contribution in [0.2, 0.25) is 0 Å². The Morgan fingerprint density at radius 3 is 2.48 bits per heavy atom. The highest BCUT2D eigenvalue weighted by Crippen LogP contribution is 2.34. The van der Waals surface area contributed by atoms with Gasteiger partial charge in [-0.15, -0.1) is 0 Å². The molecule has 1 aromatic carbocycles. The van der Waals surface area contributed by atoms with Crippen molar-refractivity contribution in [2.24, 2.45) is 0 Å². The molecule has 0 bridgehead atoms. The molecule has 166 valence electrons. The molecule has 0 spiro atoms. The van der Waals surface area contributed by atoms with Gasteiger partial charge in [0.2, 0.25) is 11.8 Å². The molecular weight excluding hydrogens is 398 g/mol. The summed E-state index contributed by atoms with van der Waals surface area (Å²) in [6, 6.07) is 4.93. The lowest BCUT2D eigenvalue weighted by Gasteiger charge is -2.44. The predicted octanol–water partition coefficient (Wildman–Crippen LogP) is 2.12. The van der Waals surface area contributed by atoms with Gasteiger partial charge in [-0.25, -0.2) is 0 Å². The van der Waals surface area contributed by atoms with Crippen molar-refractivity contribution in [1.82, 2.24) is 15.1 Å². The second kappa shape index (κ2) is 8.42. The molecule has 3 aliphatic rings. The van der Waals surface area contributed by atoms with Gasteiger partial charge in [0, 0.05) is 31.3 Å². The van der Waals surface area contributed by atoms with Gasteiger partial charge in [-0.1, -0.05) is 6.92 Å². The molecule has 4 amide bonds. The molecule has 1 atom stereocenters. The van der Waals surface area contributed by atoms with Crippen LogP contribution in [0.15, 0.2) is 18.2 Å². The fourth-order valence-corrected chi connectivity index (χ4v) is 4.74. The standard InChI is InChI=1S/C23H29N3O5/c1-4-9-25(13(2)3)14-10-16(11-14)31-15-5-6-17-18(12-15)23(30)26(22(17)29)19-7-8-20(27)24-21(19)28/h5-6,12-14,16,19H,4,7-11H2,1-3H3,(H,24,27,28)/t14-,16-,19?. The monoisotopic (exact) mass is 427 g/mol. The van der Waals surface area contributed by atoms with E-state index in [1.54, 1.807) is 18.2 Å². The molecule has 2 heterocycles. The third kappa shape index (κ3) is 3.96. The third-order valence-electron chi connectivity index (χ3n) is 6.40. The maximum Gasteiger partial charge on any atom is 0.262 e. The Labute approximate surface area is 181 Å². The van der Waals surface area contributed by atoms with Gasteiger partial charge in [-0.3, -0.25) is 34.3 Å². The van der Waals surface area contributed by atoms with Crippen molar-refractivity contribution < 1.29 is 23.9 Å². The molecule has 1 saturated carbocycles. The largest absolute Gasteiger partial charge is 0.490 e. The van der Waals surface area contributed by atoms with Gasteiger partial charge >= 0.3 is 0 Å². The van der Waals surface area contributed by atoms with Crippen molar-refractivity contribution in [3.63, 3.8) is 0 Å². The molecule has 2 fully saturated rings. The van der Waals surface area contributed by atoms with Crippen LogP contribution in [-0.4, -0.2) is 64.2 Å². The van der Waals surface area contributed by atoms with Crippen molar-refractivity contribution in [1.29, 1.82) is 0 Å². The molecule has 4 rings (SSSR count). The fraction of sp³-hybridized carbons (Fsp3) is 0.565. The summed E-state index contributed by atoms with van der Waals surface area (Å²) in [6.45, 7) is 7.67. The summed E-state index contributed by atoms with van der Waals surface area (Å²) in [7, 11) is 0. The first-order valence-electron chi connectivity index (χ1n) is 11.1. The van der Waals surface area contributed by atoms with Gasteiger partial charge in [0.05, 0.1) is 11.1 Å². The van der Waals surface area contributed by atoms with Crippen LogP contribution in [0.3, 0.4) is 0 Å². The molecular formula is C23H29N3O5. The van der Waals surface area contributed by atoms with Gasteiger partial charge in [-0.05, 0) is 51.4 Å². The summed E-state index contributed by atoms with van der Waals surface area (Å²) in [5, 5.41) is 2.20. The molecule has 1 aromatic rings. The first-order chi connectivity index (χ1) is 14.8. The second-order valence-electron chi connectivity index (χ2n) is 8.85. The van der Waals surface area contributed by atoms with Gasteiger partial charge < -0.3 is 4.74 Å². The van der Waals surface area contributed by atoms with E-state index in [4.69, 9.17) is 4.74 Å². The van der Waals surface area contributed by atoms with Crippen LogP contribution in [-0.2, 0) is 9.59 Å². The van der Waals surface area contributed by atoms with Crippen molar-refractivity contribution in [3.8, 4) is 5.75 Å². The Bertz CT molecular complexity index is 922. The van der Waals surface area contributed by atoms with Crippen molar-refractivity contribution in [2.45, 2.75) is 77.1 Å². The number of amides is 4. The Morgan fingerprint density at radius 1 is 1.13 bits per heavy atom. The third-order valence-corrected chi connectivity index (χ3v) is 6.40. The zero-order valence-corrected chi connectivity index (χ0v) is 18.2. The van der Waals surface area contributed by atoms with Crippen LogP contribution < -0.4 is 10.1 Å². The normalized spacial score (nSPS) is 25.7. The van der Waals surface area contributed by atoms with Gasteiger partial charge in [0.25, 0.3) is 11.8 Å². The highest BCUT2D eigenvalue weighted by atomic mass is 16.5. The Balaban J connectivity index is 1.42. The molecule has 8 nitrogen and oxygen atoms in total. The Kier molecular flexibility index (Phi) is 5.83. The van der Waals surface area contributed by atoms with Crippen LogP contribution in [0.4, 0.5) is 0 Å². The number of hydrogen-bond donors (Lipinski definition) is 1. The first kappa shape index (κ1) is 21.5. The molecule has 31 heavy (non-hydrogen) atoms. The summed E-state index contributed by atoms with van der Waals surface area (Å²) in [6.07, 6.45) is 3.32. The van der Waals surface area contributed by atoms with Crippen LogP contribution in [0.25, 0.3) is 0 Å². The van der Waals surface area contributed by atoms with E-state index in [-0.39, 0.29) is 36.0 Å². The van der Waals surface area contributed by atoms with E-state index in [1.165, 1.54) is 0 Å². The number of rotatable bonds is 7. The predicted molar refractivity (Wildman–Crippen MR) is 113 cm³/mol. The minimum atomic E-state index is -0.956. The molecule has 1 N–H and O–H groups in total. The van der Waals surface area contributed by atoms with Gasteiger partial charge in [0.15, 0.2) is 0 Å². The highest BCUT2D eigenvalue weighted by molar-refractivity contribution is 6.23. The SMILES string of the molecule is CCCN(C(C)C)[C@H]1C[C@H](Oc2ccc3c(c2)C(=O)N(C2CCC(=O)NC2=O)C3=O)C1. The van der Waals surface area contributed by atoms with Crippen LogP contribution in [0.1, 0.15) is 73.6 Å². The molecule has 8 heteroatoms. The van der Waals surface area contributed by atoms with E-state index in [0.717, 1.165) is 30.7 Å². The van der Waals surface area contributed by atoms with Crippen LogP contribution in [0, 0.1) is 0 Å². The lowest BCUT2D eigenvalue weighted by molar-refractivity contribution is -0.136. The Morgan fingerprint density at radius 2 is 1.84 bits per heavy atom. The van der Waals surface area contributed by atoms with Crippen LogP contribution >= 0.6 is 0 Å². The summed E-state index contributed by atoms with van der Waals surface area (Å²) < 4.78 is 6.08. The number of nitrogens with one attached hydrogen (secondary N) is 1. The van der Waals surface area contributed by atoms with Gasteiger partial charge in [0.1, 0.15) is 17.9 Å². The molecule has 0 aromatic heterocycles. The second-order valence-corrected chi connectivity index (χ2v) is 8.85. The Hall–Kier alpha value is -2.74. The summed E-state index contributed by atoms with van der Waals surface area (Å²) in [5.41, 5.74) is 0.514. The number of ether oxygens (including phenoxy) is 1. The first-order valence-corrected chi connectivity index (χ1v) is 11.1. The average molecular weight is 428 g/mol. The van der Waals surface area contributed by atoms with E-state index in [1.807, 2.05) is 0 Å². The molecule has 0 radical (unpaired) electrons. The molecule has 1 unspecified atom stereocenters. The number of carbonyl (C=O) groups excluding carboxylic acids is 4. The maximum atomic E-state index is 12.9. The van der Waals surface area contributed by atoms with Crippen molar-refractivity contribution in [3.05, 3.63) is 29.3 Å². The zero-order chi connectivity index (χ0) is 22.3. The van der Waals surface area contributed by atoms with E-state index in [9.17, 15) is 19.2 Å². The number of carbonyl (C=O) groups is 4. The smallest absolute Gasteiger partial charge is 0.262 e. The number of benzene rings is 1.